The maximum atomic E-state index is 12.4. The molecule has 0 spiro atoms. The molecule has 3 heterocycles. The second-order valence-electron chi connectivity index (χ2n) is 5.80. The quantitative estimate of drug-likeness (QED) is 0.590. The van der Waals surface area contributed by atoms with Gasteiger partial charge < -0.3 is 5.32 Å². The van der Waals surface area contributed by atoms with Crippen LogP contribution in [0.1, 0.15) is 16.1 Å². The van der Waals surface area contributed by atoms with Crippen molar-refractivity contribution in [1.29, 1.82) is 0 Å². The fourth-order valence-corrected chi connectivity index (χ4v) is 3.29. The molecule has 4 aromatic rings. The first-order valence-corrected chi connectivity index (χ1v) is 8.87. The first-order chi connectivity index (χ1) is 12.7. The number of rotatable bonds is 5. The van der Waals surface area contributed by atoms with Crippen molar-refractivity contribution in [2.24, 2.45) is 7.05 Å². The van der Waals surface area contributed by atoms with E-state index in [-0.39, 0.29) is 5.91 Å². The van der Waals surface area contributed by atoms with Crippen molar-refractivity contribution in [1.82, 2.24) is 24.5 Å². The fraction of sp³-hybridized carbons (Fsp3) is 0.111. The Hall–Kier alpha value is -3.26. The minimum absolute atomic E-state index is 0.226. The summed E-state index contributed by atoms with van der Waals surface area (Å²) in [6.45, 7) is 0.696. The normalized spacial score (nSPS) is 10.8. The van der Waals surface area contributed by atoms with Gasteiger partial charge in [-0.1, -0.05) is 12.1 Å². The summed E-state index contributed by atoms with van der Waals surface area (Å²) < 4.78 is 3.56. The Morgan fingerprint density at radius 1 is 1.23 bits per heavy atom. The molecule has 130 valence electrons. The van der Waals surface area contributed by atoms with E-state index in [1.807, 2.05) is 54.5 Å². The number of anilines is 1. The average molecular weight is 364 g/mol. The molecule has 0 radical (unpaired) electrons. The number of benzene rings is 1. The zero-order chi connectivity index (χ0) is 17.9. The number of nitrogens with zero attached hydrogens (tertiary/aromatic N) is 5. The van der Waals surface area contributed by atoms with Crippen LogP contribution >= 0.6 is 11.3 Å². The van der Waals surface area contributed by atoms with Crippen LogP contribution in [-0.4, -0.2) is 30.5 Å². The highest BCUT2D eigenvalue weighted by atomic mass is 32.1. The highest BCUT2D eigenvalue weighted by Gasteiger charge is 2.13. The van der Waals surface area contributed by atoms with E-state index in [1.54, 1.807) is 22.5 Å². The van der Waals surface area contributed by atoms with E-state index in [4.69, 9.17) is 0 Å². The molecule has 1 amide bonds. The number of aryl methyl sites for hydroxylation is 1. The zero-order valence-electron chi connectivity index (χ0n) is 14.0. The van der Waals surface area contributed by atoms with Gasteiger partial charge in [-0.2, -0.15) is 10.2 Å². The van der Waals surface area contributed by atoms with E-state index in [1.165, 1.54) is 11.3 Å². The molecule has 0 saturated carbocycles. The largest absolute Gasteiger partial charge is 0.321 e. The number of carbonyl (C=O) groups excluding carboxylic acids is 1. The Balaban J connectivity index is 1.42. The summed E-state index contributed by atoms with van der Waals surface area (Å²) in [7, 11) is 1.85. The van der Waals surface area contributed by atoms with Crippen LogP contribution in [-0.2, 0) is 13.6 Å². The number of nitrogens with one attached hydrogen (secondary N) is 1. The van der Waals surface area contributed by atoms with E-state index in [0.29, 0.717) is 12.2 Å². The smallest absolute Gasteiger partial charge is 0.275 e. The molecule has 0 aliphatic rings. The lowest BCUT2D eigenvalue weighted by Gasteiger charge is -2.06. The Morgan fingerprint density at radius 2 is 2.08 bits per heavy atom. The first kappa shape index (κ1) is 16.2. The van der Waals surface area contributed by atoms with Gasteiger partial charge in [0.2, 0.25) is 0 Å². The van der Waals surface area contributed by atoms with E-state index < -0.39 is 0 Å². The van der Waals surface area contributed by atoms with Gasteiger partial charge in [0.1, 0.15) is 10.7 Å². The summed E-state index contributed by atoms with van der Waals surface area (Å²) in [4.78, 5) is 16.8. The zero-order valence-corrected chi connectivity index (χ0v) is 14.8. The van der Waals surface area contributed by atoms with Crippen LogP contribution in [0.3, 0.4) is 0 Å². The molecular formula is C18H16N6OS. The van der Waals surface area contributed by atoms with E-state index in [2.05, 4.69) is 20.5 Å². The first-order valence-electron chi connectivity index (χ1n) is 8.00. The van der Waals surface area contributed by atoms with Crippen molar-refractivity contribution >= 4 is 22.9 Å². The molecule has 0 atom stereocenters. The van der Waals surface area contributed by atoms with Crippen LogP contribution in [0, 0.1) is 0 Å². The van der Waals surface area contributed by atoms with Gasteiger partial charge in [-0.3, -0.25) is 14.2 Å². The highest BCUT2D eigenvalue weighted by Crippen LogP contribution is 2.23. The number of hydrogen-bond acceptors (Lipinski definition) is 5. The lowest BCUT2D eigenvalue weighted by atomic mass is 10.2. The molecular weight excluding hydrogens is 348 g/mol. The molecule has 0 aliphatic carbocycles. The van der Waals surface area contributed by atoms with Crippen molar-refractivity contribution in [3.8, 4) is 10.6 Å². The Labute approximate surface area is 153 Å². The minimum Gasteiger partial charge on any atom is -0.321 e. The SMILES string of the molecule is Cn1cc(-c2nc(C(=O)Nc3ccc(Cn4cccn4)cc3)cs2)cn1. The summed E-state index contributed by atoms with van der Waals surface area (Å²) in [5.41, 5.74) is 3.14. The average Bonchev–Trinajstić information content (AvgIpc) is 3.37. The number of thiazole rings is 1. The molecule has 26 heavy (non-hydrogen) atoms. The van der Waals surface area contributed by atoms with Crippen LogP contribution in [0.2, 0.25) is 0 Å². The molecule has 0 saturated heterocycles. The van der Waals surface area contributed by atoms with E-state index >= 15 is 0 Å². The molecule has 1 N–H and O–H groups in total. The Morgan fingerprint density at radius 3 is 2.77 bits per heavy atom. The third-order valence-corrected chi connectivity index (χ3v) is 4.70. The van der Waals surface area contributed by atoms with Crippen LogP contribution < -0.4 is 5.32 Å². The second kappa shape index (κ2) is 6.93. The monoisotopic (exact) mass is 364 g/mol. The van der Waals surface area contributed by atoms with E-state index in [0.717, 1.165) is 21.8 Å². The number of hydrogen-bond donors (Lipinski definition) is 1. The van der Waals surface area contributed by atoms with Gasteiger partial charge in [-0.25, -0.2) is 4.98 Å². The third kappa shape index (κ3) is 3.55. The van der Waals surface area contributed by atoms with Crippen LogP contribution in [0.4, 0.5) is 5.69 Å². The van der Waals surface area contributed by atoms with Crippen molar-refractivity contribution in [2.75, 3.05) is 5.32 Å². The summed E-state index contributed by atoms with van der Waals surface area (Å²) in [5, 5.41) is 13.7. The molecule has 7 nitrogen and oxygen atoms in total. The standard InChI is InChI=1S/C18H16N6OS/c1-23-11-14(9-20-23)18-22-16(12-26-18)17(25)21-15-5-3-13(4-6-15)10-24-8-2-7-19-24/h2-9,11-12H,10H2,1H3,(H,21,25). The summed E-state index contributed by atoms with van der Waals surface area (Å²) >= 11 is 1.42. The predicted molar refractivity (Wildman–Crippen MR) is 100 cm³/mol. The van der Waals surface area contributed by atoms with Gasteiger partial charge in [0.15, 0.2) is 0 Å². The topological polar surface area (TPSA) is 77.6 Å². The van der Waals surface area contributed by atoms with Crippen LogP contribution in [0.5, 0.6) is 0 Å². The van der Waals surface area contributed by atoms with Gasteiger partial charge in [-0.05, 0) is 23.8 Å². The van der Waals surface area contributed by atoms with Crippen molar-refractivity contribution in [3.05, 3.63) is 71.8 Å². The Kier molecular flexibility index (Phi) is 4.32. The summed E-state index contributed by atoms with van der Waals surface area (Å²) in [6, 6.07) is 9.59. The van der Waals surface area contributed by atoms with Crippen LogP contribution in [0.15, 0.2) is 60.5 Å². The van der Waals surface area contributed by atoms with Gasteiger partial charge in [0.25, 0.3) is 5.91 Å². The van der Waals surface area contributed by atoms with Gasteiger partial charge >= 0.3 is 0 Å². The predicted octanol–water partition coefficient (Wildman–Crippen LogP) is 3.04. The molecule has 0 fully saturated rings. The maximum absolute atomic E-state index is 12.4. The maximum Gasteiger partial charge on any atom is 0.275 e. The molecule has 8 heteroatoms. The molecule has 0 aliphatic heterocycles. The van der Waals surface area contributed by atoms with E-state index in [9.17, 15) is 4.79 Å². The molecule has 3 aromatic heterocycles. The number of carbonyl (C=O) groups is 1. The molecule has 1 aromatic carbocycles. The molecule has 4 rings (SSSR count). The van der Waals surface area contributed by atoms with Gasteiger partial charge in [0, 0.05) is 42.3 Å². The lowest BCUT2D eigenvalue weighted by Crippen LogP contribution is -2.12. The highest BCUT2D eigenvalue weighted by molar-refractivity contribution is 7.13. The van der Waals surface area contributed by atoms with Gasteiger partial charge in [0.05, 0.1) is 12.7 Å². The summed E-state index contributed by atoms with van der Waals surface area (Å²) in [6.07, 6.45) is 7.28. The van der Waals surface area contributed by atoms with Gasteiger partial charge in [-0.15, -0.1) is 11.3 Å². The Bertz CT molecular complexity index is 1020. The fourth-order valence-electron chi connectivity index (χ4n) is 2.51. The number of aromatic nitrogens is 5. The van der Waals surface area contributed by atoms with Crippen molar-refractivity contribution < 1.29 is 4.79 Å². The van der Waals surface area contributed by atoms with Crippen LogP contribution in [0.25, 0.3) is 10.6 Å². The second-order valence-corrected chi connectivity index (χ2v) is 6.65. The number of amides is 1. The van der Waals surface area contributed by atoms with Crippen molar-refractivity contribution in [2.45, 2.75) is 6.54 Å². The molecule has 0 unspecified atom stereocenters. The van der Waals surface area contributed by atoms with Crippen molar-refractivity contribution in [3.63, 3.8) is 0 Å². The minimum atomic E-state index is -0.226. The molecule has 0 bridgehead atoms. The lowest BCUT2D eigenvalue weighted by molar-refractivity contribution is 0.102. The summed E-state index contributed by atoms with van der Waals surface area (Å²) in [5.74, 6) is -0.226. The third-order valence-electron chi connectivity index (χ3n) is 3.80.